The first-order valence-electron chi connectivity index (χ1n) is 6.17. The smallest absolute Gasteiger partial charge is 0.0351 e. The molecule has 0 nitrogen and oxygen atoms in total. The standard InChI is InChI=1S/C13H24/c1-13(2)9-8-12(10-13)11-6-4-3-5-7-11/h11-12H,3-10H2,1-2H3. The van der Waals surface area contributed by atoms with Crippen molar-refractivity contribution >= 4 is 0 Å². The van der Waals surface area contributed by atoms with E-state index >= 15 is 0 Å². The first-order valence-corrected chi connectivity index (χ1v) is 6.17. The van der Waals surface area contributed by atoms with Crippen LogP contribution in [-0.4, -0.2) is 0 Å². The molecular weight excluding hydrogens is 156 g/mol. The second kappa shape index (κ2) is 3.63. The molecule has 0 aliphatic heterocycles. The molecule has 0 amide bonds. The summed E-state index contributed by atoms with van der Waals surface area (Å²) in [5.41, 5.74) is 0.669. The largest absolute Gasteiger partial charge is 0.0599 e. The fraction of sp³-hybridized carbons (Fsp3) is 1.00. The molecule has 1 atom stereocenters. The second-order valence-corrected chi connectivity index (χ2v) is 6.07. The van der Waals surface area contributed by atoms with Gasteiger partial charge in [0.1, 0.15) is 0 Å². The Balaban J connectivity index is 1.87. The minimum atomic E-state index is 0.669. The topological polar surface area (TPSA) is 0 Å². The molecule has 0 heterocycles. The van der Waals surface area contributed by atoms with Gasteiger partial charge in [0.05, 0.1) is 0 Å². The van der Waals surface area contributed by atoms with E-state index in [1.165, 1.54) is 38.5 Å². The van der Waals surface area contributed by atoms with Crippen LogP contribution in [0.4, 0.5) is 0 Å². The molecule has 0 spiro atoms. The molecule has 2 aliphatic carbocycles. The number of hydrogen-bond acceptors (Lipinski definition) is 0. The Morgan fingerprint density at radius 2 is 1.54 bits per heavy atom. The quantitative estimate of drug-likeness (QED) is 0.561. The maximum atomic E-state index is 2.45. The van der Waals surface area contributed by atoms with Gasteiger partial charge in [-0.15, -0.1) is 0 Å². The fourth-order valence-electron chi connectivity index (χ4n) is 3.50. The SMILES string of the molecule is CC1(C)CCC(C2CCCCC2)C1. The minimum absolute atomic E-state index is 0.669. The molecule has 2 rings (SSSR count). The van der Waals surface area contributed by atoms with Crippen LogP contribution >= 0.6 is 0 Å². The summed E-state index contributed by atoms with van der Waals surface area (Å²) >= 11 is 0. The lowest BCUT2D eigenvalue weighted by Crippen LogP contribution is -2.16. The normalized spacial score (nSPS) is 35.1. The van der Waals surface area contributed by atoms with Crippen molar-refractivity contribution in [2.45, 2.75) is 65.2 Å². The van der Waals surface area contributed by atoms with Crippen molar-refractivity contribution in [3.63, 3.8) is 0 Å². The highest BCUT2D eigenvalue weighted by atomic mass is 14.4. The second-order valence-electron chi connectivity index (χ2n) is 6.07. The van der Waals surface area contributed by atoms with Crippen LogP contribution in [0.15, 0.2) is 0 Å². The molecule has 0 bridgehead atoms. The van der Waals surface area contributed by atoms with E-state index in [2.05, 4.69) is 13.8 Å². The third-order valence-electron chi connectivity index (χ3n) is 4.32. The zero-order valence-electron chi connectivity index (χ0n) is 9.31. The van der Waals surface area contributed by atoms with Crippen LogP contribution < -0.4 is 0 Å². The van der Waals surface area contributed by atoms with Crippen LogP contribution in [0.2, 0.25) is 0 Å². The van der Waals surface area contributed by atoms with E-state index in [-0.39, 0.29) is 0 Å². The predicted octanol–water partition coefficient (Wildman–Crippen LogP) is 4.39. The minimum Gasteiger partial charge on any atom is -0.0599 e. The molecule has 76 valence electrons. The lowest BCUT2D eigenvalue weighted by Gasteiger charge is -2.28. The molecule has 0 aromatic heterocycles. The Morgan fingerprint density at radius 1 is 0.846 bits per heavy atom. The van der Waals surface area contributed by atoms with Gasteiger partial charge < -0.3 is 0 Å². The van der Waals surface area contributed by atoms with Gasteiger partial charge in [-0.25, -0.2) is 0 Å². The molecule has 0 aromatic carbocycles. The van der Waals surface area contributed by atoms with Crippen LogP contribution in [0.25, 0.3) is 0 Å². The number of rotatable bonds is 1. The average Bonchev–Trinajstić information content (AvgIpc) is 2.48. The summed E-state index contributed by atoms with van der Waals surface area (Å²) in [5.74, 6) is 2.20. The zero-order valence-corrected chi connectivity index (χ0v) is 9.31. The molecular formula is C13H24. The van der Waals surface area contributed by atoms with Gasteiger partial charge in [0.2, 0.25) is 0 Å². The van der Waals surface area contributed by atoms with Crippen molar-refractivity contribution in [2.24, 2.45) is 17.3 Å². The highest BCUT2D eigenvalue weighted by Gasteiger charge is 2.35. The van der Waals surface area contributed by atoms with Crippen LogP contribution in [0.5, 0.6) is 0 Å². The predicted molar refractivity (Wildman–Crippen MR) is 57.7 cm³/mol. The van der Waals surface area contributed by atoms with E-state index in [0.717, 1.165) is 11.8 Å². The average molecular weight is 180 g/mol. The van der Waals surface area contributed by atoms with Gasteiger partial charge in [0.15, 0.2) is 0 Å². The van der Waals surface area contributed by atoms with Gasteiger partial charge >= 0.3 is 0 Å². The molecule has 0 heteroatoms. The van der Waals surface area contributed by atoms with Crippen molar-refractivity contribution in [2.75, 3.05) is 0 Å². The molecule has 0 saturated heterocycles. The van der Waals surface area contributed by atoms with E-state index < -0.39 is 0 Å². The van der Waals surface area contributed by atoms with Crippen molar-refractivity contribution in [3.05, 3.63) is 0 Å². The summed E-state index contributed by atoms with van der Waals surface area (Å²) in [6.07, 6.45) is 12.1. The Morgan fingerprint density at radius 3 is 2.08 bits per heavy atom. The maximum absolute atomic E-state index is 2.45. The summed E-state index contributed by atoms with van der Waals surface area (Å²) in [5, 5.41) is 0. The molecule has 0 aromatic rings. The Kier molecular flexibility index (Phi) is 2.67. The fourth-order valence-corrected chi connectivity index (χ4v) is 3.50. The first-order chi connectivity index (χ1) is 6.17. The van der Waals surface area contributed by atoms with E-state index in [1.807, 2.05) is 0 Å². The molecule has 2 saturated carbocycles. The van der Waals surface area contributed by atoms with Gasteiger partial charge in [0.25, 0.3) is 0 Å². The lowest BCUT2D eigenvalue weighted by molar-refractivity contribution is 0.233. The summed E-state index contributed by atoms with van der Waals surface area (Å²) in [4.78, 5) is 0. The van der Waals surface area contributed by atoms with Gasteiger partial charge in [-0.2, -0.15) is 0 Å². The van der Waals surface area contributed by atoms with E-state index in [9.17, 15) is 0 Å². The molecule has 0 radical (unpaired) electrons. The van der Waals surface area contributed by atoms with E-state index in [1.54, 1.807) is 12.8 Å². The Labute approximate surface area is 83.1 Å². The molecule has 0 N–H and O–H groups in total. The Hall–Kier alpha value is 0. The highest BCUT2D eigenvalue weighted by molar-refractivity contribution is 4.86. The highest BCUT2D eigenvalue weighted by Crippen LogP contribution is 2.47. The van der Waals surface area contributed by atoms with Crippen molar-refractivity contribution in [1.29, 1.82) is 0 Å². The van der Waals surface area contributed by atoms with Crippen LogP contribution in [-0.2, 0) is 0 Å². The maximum Gasteiger partial charge on any atom is -0.0351 e. The van der Waals surface area contributed by atoms with Gasteiger partial charge in [-0.1, -0.05) is 46.0 Å². The van der Waals surface area contributed by atoms with Gasteiger partial charge in [-0.3, -0.25) is 0 Å². The third kappa shape index (κ3) is 2.27. The summed E-state index contributed by atoms with van der Waals surface area (Å²) in [7, 11) is 0. The van der Waals surface area contributed by atoms with Crippen molar-refractivity contribution < 1.29 is 0 Å². The molecule has 13 heavy (non-hydrogen) atoms. The zero-order chi connectivity index (χ0) is 9.31. The molecule has 2 aliphatic rings. The van der Waals surface area contributed by atoms with E-state index in [0.29, 0.717) is 5.41 Å². The molecule has 2 fully saturated rings. The summed E-state index contributed by atoms with van der Waals surface area (Å²) in [6.45, 7) is 4.91. The van der Waals surface area contributed by atoms with Gasteiger partial charge in [-0.05, 0) is 36.5 Å². The Bertz CT molecular complexity index is 163. The lowest BCUT2D eigenvalue weighted by atomic mass is 9.78. The molecule has 1 unspecified atom stereocenters. The van der Waals surface area contributed by atoms with Crippen molar-refractivity contribution in [3.8, 4) is 0 Å². The van der Waals surface area contributed by atoms with Crippen LogP contribution in [0.3, 0.4) is 0 Å². The summed E-state index contributed by atoms with van der Waals surface area (Å²) in [6, 6.07) is 0. The van der Waals surface area contributed by atoms with Crippen molar-refractivity contribution in [1.82, 2.24) is 0 Å². The number of hydrogen-bond donors (Lipinski definition) is 0. The van der Waals surface area contributed by atoms with Crippen LogP contribution in [0, 0.1) is 17.3 Å². The summed E-state index contributed by atoms with van der Waals surface area (Å²) < 4.78 is 0. The third-order valence-corrected chi connectivity index (χ3v) is 4.32. The van der Waals surface area contributed by atoms with E-state index in [4.69, 9.17) is 0 Å². The first kappa shape index (κ1) is 9.55. The monoisotopic (exact) mass is 180 g/mol. The van der Waals surface area contributed by atoms with Gasteiger partial charge in [0, 0.05) is 0 Å². The van der Waals surface area contributed by atoms with Crippen LogP contribution in [0.1, 0.15) is 65.2 Å².